The molecule has 0 bridgehead atoms. The molecule has 0 aliphatic heterocycles. The van der Waals surface area contributed by atoms with E-state index in [1.54, 1.807) is 24.3 Å². The Bertz CT molecular complexity index is 641. The van der Waals surface area contributed by atoms with Crippen molar-refractivity contribution in [3.63, 3.8) is 0 Å². The molecular formula is C14H13ClN2O2. The van der Waals surface area contributed by atoms with E-state index in [-0.39, 0.29) is 17.3 Å². The van der Waals surface area contributed by atoms with Crippen LogP contribution >= 0.6 is 11.6 Å². The number of phenols is 1. The summed E-state index contributed by atoms with van der Waals surface area (Å²) in [6.07, 6.45) is 0. The number of nitrogen functional groups attached to an aromatic ring is 1. The lowest BCUT2D eigenvalue weighted by Gasteiger charge is -2.10. The number of aromatic hydroxyl groups is 1. The number of nitrogens with one attached hydrogen (secondary N) is 1. The van der Waals surface area contributed by atoms with E-state index in [1.165, 1.54) is 12.1 Å². The number of hydrogen-bond donors (Lipinski definition) is 3. The van der Waals surface area contributed by atoms with Gasteiger partial charge in [-0.25, -0.2) is 0 Å². The van der Waals surface area contributed by atoms with Gasteiger partial charge in [0, 0.05) is 16.3 Å². The minimum atomic E-state index is -0.333. The molecule has 0 aliphatic rings. The van der Waals surface area contributed by atoms with Gasteiger partial charge in [-0.3, -0.25) is 4.79 Å². The van der Waals surface area contributed by atoms with Crippen LogP contribution in [0.2, 0.25) is 5.02 Å². The Morgan fingerprint density at radius 3 is 2.74 bits per heavy atom. The smallest absolute Gasteiger partial charge is 0.255 e. The fourth-order valence-corrected chi connectivity index (χ4v) is 1.80. The Morgan fingerprint density at radius 1 is 1.32 bits per heavy atom. The number of rotatable bonds is 2. The number of hydrogen-bond acceptors (Lipinski definition) is 3. The summed E-state index contributed by atoms with van der Waals surface area (Å²) in [6.45, 7) is 1.82. The first-order valence-corrected chi connectivity index (χ1v) is 6.02. The quantitative estimate of drug-likeness (QED) is 0.582. The van der Waals surface area contributed by atoms with Gasteiger partial charge >= 0.3 is 0 Å². The molecule has 98 valence electrons. The molecule has 2 aromatic rings. The maximum atomic E-state index is 12.0. The van der Waals surface area contributed by atoms with Crippen molar-refractivity contribution in [1.29, 1.82) is 0 Å². The summed E-state index contributed by atoms with van der Waals surface area (Å²) in [5.74, 6) is -0.448. The van der Waals surface area contributed by atoms with Crippen molar-refractivity contribution in [2.75, 3.05) is 11.1 Å². The molecule has 0 aliphatic carbocycles. The van der Waals surface area contributed by atoms with Gasteiger partial charge in [-0.2, -0.15) is 0 Å². The normalized spacial score (nSPS) is 10.2. The van der Waals surface area contributed by atoms with Gasteiger partial charge in [0.2, 0.25) is 0 Å². The van der Waals surface area contributed by atoms with Gasteiger partial charge in [-0.1, -0.05) is 17.7 Å². The molecule has 2 aromatic carbocycles. The van der Waals surface area contributed by atoms with E-state index in [0.717, 1.165) is 5.56 Å². The largest absolute Gasteiger partial charge is 0.506 e. The lowest BCUT2D eigenvalue weighted by Crippen LogP contribution is -2.12. The minimum absolute atomic E-state index is 0.115. The molecule has 0 unspecified atom stereocenters. The molecule has 1 amide bonds. The Balaban J connectivity index is 2.26. The van der Waals surface area contributed by atoms with Crippen LogP contribution in [0.4, 0.5) is 11.4 Å². The standard InChI is InChI=1S/C14H13ClN2O2/c1-8-10(15)3-2-4-12(8)17-14(19)9-5-6-11(16)13(18)7-9/h2-7,18H,16H2,1H3,(H,17,19). The fraction of sp³-hybridized carbons (Fsp3) is 0.0714. The average Bonchev–Trinajstić information content (AvgIpc) is 2.38. The van der Waals surface area contributed by atoms with Crippen molar-refractivity contribution < 1.29 is 9.90 Å². The van der Waals surface area contributed by atoms with Crippen molar-refractivity contribution >= 4 is 28.9 Å². The molecule has 0 saturated heterocycles. The molecule has 0 atom stereocenters. The molecule has 0 radical (unpaired) electrons. The first-order valence-electron chi connectivity index (χ1n) is 5.64. The second kappa shape index (κ2) is 5.20. The van der Waals surface area contributed by atoms with Crippen LogP contribution in [0.3, 0.4) is 0 Å². The van der Waals surface area contributed by atoms with Crippen LogP contribution in [-0.4, -0.2) is 11.0 Å². The number of amides is 1. The average molecular weight is 277 g/mol. The maximum absolute atomic E-state index is 12.0. The topological polar surface area (TPSA) is 75.4 Å². The lowest BCUT2D eigenvalue weighted by molar-refractivity contribution is 0.102. The van der Waals surface area contributed by atoms with Gasteiger partial charge in [-0.05, 0) is 42.8 Å². The zero-order chi connectivity index (χ0) is 14.0. The van der Waals surface area contributed by atoms with Crippen LogP contribution in [0.25, 0.3) is 0 Å². The van der Waals surface area contributed by atoms with E-state index < -0.39 is 0 Å². The summed E-state index contributed by atoms with van der Waals surface area (Å²) in [6, 6.07) is 9.62. The summed E-state index contributed by atoms with van der Waals surface area (Å²) in [4.78, 5) is 12.0. The van der Waals surface area contributed by atoms with Crippen LogP contribution in [0.5, 0.6) is 5.75 Å². The first kappa shape index (κ1) is 13.2. The molecule has 19 heavy (non-hydrogen) atoms. The monoisotopic (exact) mass is 276 g/mol. The highest BCUT2D eigenvalue weighted by Crippen LogP contribution is 2.25. The highest BCUT2D eigenvalue weighted by atomic mass is 35.5. The van der Waals surface area contributed by atoms with E-state index in [2.05, 4.69) is 5.32 Å². The zero-order valence-electron chi connectivity index (χ0n) is 10.3. The molecule has 2 rings (SSSR count). The predicted molar refractivity (Wildman–Crippen MR) is 76.7 cm³/mol. The van der Waals surface area contributed by atoms with Crippen molar-refractivity contribution in [3.05, 3.63) is 52.5 Å². The Kier molecular flexibility index (Phi) is 3.62. The van der Waals surface area contributed by atoms with Crippen molar-refractivity contribution in [3.8, 4) is 5.75 Å². The summed E-state index contributed by atoms with van der Waals surface area (Å²) in [7, 11) is 0. The van der Waals surface area contributed by atoms with Gasteiger partial charge in [0.25, 0.3) is 5.91 Å². The number of anilines is 2. The second-order valence-corrected chi connectivity index (χ2v) is 4.55. The van der Waals surface area contributed by atoms with Crippen LogP contribution < -0.4 is 11.1 Å². The molecule has 0 aromatic heterocycles. The van der Waals surface area contributed by atoms with Crippen molar-refractivity contribution in [2.45, 2.75) is 6.92 Å². The minimum Gasteiger partial charge on any atom is -0.506 e. The number of carbonyl (C=O) groups is 1. The van der Waals surface area contributed by atoms with Crippen LogP contribution in [0, 0.1) is 6.92 Å². The number of phenolic OH excluding ortho intramolecular Hbond substituents is 1. The summed E-state index contributed by atoms with van der Waals surface area (Å²) in [5.41, 5.74) is 7.47. The molecule has 0 heterocycles. The molecule has 0 fully saturated rings. The van der Waals surface area contributed by atoms with Crippen LogP contribution in [-0.2, 0) is 0 Å². The molecular weight excluding hydrogens is 264 g/mol. The van der Waals surface area contributed by atoms with Gasteiger partial charge in [0.1, 0.15) is 5.75 Å². The third kappa shape index (κ3) is 2.80. The summed E-state index contributed by atoms with van der Waals surface area (Å²) < 4.78 is 0. The van der Waals surface area contributed by atoms with E-state index in [0.29, 0.717) is 16.3 Å². The molecule has 0 spiro atoms. The molecule has 5 heteroatoms. The molecule has 0 saturated carbocycles. The predicted octanol–water partition coefficient (Wildman–Crippen LogP) is 3.19. The van der Waals surface area contributed by atoms with E-state index >= 15 is 0 Å². The number of benzene rings is 2. The van der Waals surface area contributed by atoms with Gasteiger partial charge in [-0.15, -0.1) is 0 Å². The van der Waals surface area contributed by atoms with Gasteiger partial charge < -0.3 is 16.2 Å². The van der Waals surface area contributed by atoms with Crippen molar-refractivity contribution in [2.24, 2.45) is 0 Å². The van der Waals surface area contributed by atoms with E-state index in [9.17, 15) is 9.90 Å². The summed E-state index contributed by atoms with van der Waals surface area (Å²) >= 11 is 5.98. The fourth-order valence-electron chi connectivity index (χ4n) is 1.62. The number of halogens is 1. The highest BCUT2D eigenvalue weighted by molar-refractivity contribution is 6.31. The number of nitrogens with two attached hydrogens (primary N) is 1. The third-order valence-electron chi connectivity index (χ3n) is 2.81. The SMILES string of the molecule is Cc1c(Cl)cccc1NC(=O)c1ccc(N)c(O)c1. The van der Waals surface area contributed by atoms with Crippen molar-refractivity contribution in [1.82, 2.24) is 0 Å². The van der Waals surface area contributed by atoms with Gasteiger partial charge in [0.15, 0.2) is 0 Å². The maximum Gasteiger partial charge on any atom is 0.255 e. The molecule has 4 nitrogen and oxygen atoms in total. The second-order valence-electron chi connectivity index (χ2n) is 4.14. The highest BCUT2D eigenvalue weighted by Gasteiger charge is 2.10. The van der Waals surface area contributed by atoms with Crippen LogP contribution in [0.1, 0.15) is 15.9 Å². The Hall–Kier alpha value is -2.20. The summed E-state index contributed by atoms with van der Waals surface area (Å²) in [5, 5.41) is 12.8. The van der Waals surface area contributed by atoms with Gasteiger partial charge in [0.05, 0.1) is 5.69 Å². The Morgan fingerprint density at radius 2 is 2.05 bits per heavy atom. The molecule has 4 N–H and O–H groups in total. The lowest BCUT2D eigenvalue weighted by atomic mass is 10.1. The van der Waals surface area contributed by atoms with E-state index in [1.807, 2.05) is 6.92 Å². The number of carbonyl (C=O) groups excluding carboxylic acids is 1. The third-order valence-corrected chi connectivity index (χ3v) is 3.22. The van der Waals surface area contributed by atoms with Crippen LogP contribution in [0.15, 0.2) is 36.4 Å². The van der Waals surface area contributed by atoms with E-state index in [4.69, 9.17) is 17.3 Å². The zero-order valence-corrected chi connectivity index (χ0v) is 11.0. The Labute approximate surface area is 115 Å². The first-order chi connectivity index (χ1) is 8.99.